The van der Waals surface area contributed by atoms with Crippen LogP contribution < -0.4 is 10.6 Å². The third-order valence-electron chi connectivity index (χ3n) is 3.18. The zero-order valence-corrected chi connectivity index (χ0v) is 12.1. The molecule has 0 bridgehead atoms. The van der Waals surface area contributed by atoms with Crippen LogP contribution in [-0.2, 0) is 13.6 Å². The van der Waals surface area contributed by atoms with Crippen LogP contribution in [0.2, 0.25) is 0 Å². The molecule has 3 N–H and O–H groups in total. The van der Waals surface area contributed by atoms with Crippen LogP contribution in [-0.4, -0.2) is 36.3 Å². The van der Waals surface area contributed by atoms with E-state index in [1.54, 1.807) is 12.5 Å². The highest BCUT2D eigenvalue weighted by molar-refractivity contribution is 5.83. The van der Waals surface area contributed by atoms with Gasteiger partial charge in [0.2, 0.25) is 5.95 Å². The van der Waals surface area contributed by atoms with Crippen LogP contribution in [0.1, 0.15) is 19.0 Å². The Morgan fingerprint density at radius 1 is 1.29 bits per heavy atom. The molecule has 3 heterocycles. The number of H-pyrrole nitrogens is 1. The van der Waals surface area contributed by atoms with Gasteiger partial charge >= 0.3 is 0 Å². The summed E-state index contributed by atoms with van der Waals surface area (Å²) in [5.74, 6) is 1.32. The van der Waals surface area contributed by atoms with E-state index < -0.39 is 0 Å². The van der Waals surface area contributed by atoms with Crippen molar-refractivity contribution in [1.29, 1.82) is 0 Å². The summed E-state index contributed by atoms with van der Waals surface area (Å²) in [6.07, 6.45) is 4.41. The third-order valence-corrected chi connectivity index (χ3v) is 3.18. The maximum atomic E-state index is 4.51. The van der Waals surface area contributed by atoms with Crippen molar-refractivity contribution in [3.8, 4) is 0 Å². The van der Waals surface area contributed by atoms with Crippen LogP contribution in [0.25, 0.3) is 11.2 Å². The summed E-state index contributed by atoms with van der Waals surface area (Å²) < 4.78 is 1.83. The predicted molar refractivity (Wildman–Crippen MR) is 81.0 cm³/mol. The molecule has 0 fully saturated rings. The first-order valence-corrected chi connectivity index (χ1v) is 6.93. The van der Waals surface area contributed by atoms with E-state index >= 15 is 0 Å². The Kier molecular flexibility index (Phi) is 3.67. The molecule has 0 aromatic carbocycles. The molecule has 3 aromatic rings. The van der Waals surface area contributed by atoms with Crippen molar-refractivity contribution in [3.63, 3.8) is 0 Å². The lowest BCUT2D eigenvalue weighted by Gasteiger charge is -2.09. The lowest BCUT2D eigenvalue weighted by molar-refractivity contribution is 0.720. The van der Waals surface area contributed by atoms with Gasteiger partial charge in [0, 0.05) is 19.8 Å². The van der Waals surface area contributed by atoms with Crippen molar-refractivity contribution < 1.29 is 0 Å². The van der Waals surface area contributed by atoms with E-state index in [-0.39, 0.29) is 0 Å². The van der Waals surface area contributed by atoms with Gasteiger partial charge in [-0.1, -0.05) is 6.92 Å². The Morgan fingerprint density at radius 2 is 2.19 bits per heavy atom. The van der Waals surface area contributed by atoms with Crippen LogP contribution >= 0.6 is 0 Å². The molecular formula is C13H18N8. The maximum Gasteiger partial charge on any atom is 0.226 e. The molecule has 110 valence electrons. The number of fused-ring (bicyclic) bond motifs is 1. The minimum atomic E-state index is 0.587. The van der Waals surface area contributed by atoms with E-state index in [0.717, 1.165) is 30.0 Å². The minimum Gasteiger partial charge on any atom is -0.362 e. The zero-order chi connectivity index (χ0) is 14.7. The number of anilines is 2. The van der Waals surface area contributed by atoms with Crippen LogP contribution in [0, 0.1) is 0 Å². The van der Waals surface area contributed by atoms with E-state index in [2.05, 4.69) is 42.6 Å². The number of rotatable bonds is 6. The lowest BCUT2D eigenvalue weighted by atomic mass is 10.4. The first kappa shape index (κ1) is 13.3. The van der Waals surface area contributed by atoms with Gasteiger partial charge in [-0.05, 0) is 12.5 Å². The molecule has 0 atom stereocenters. The summed E-state index contributed by atoms with van der Waals surface area (Å²) in [4.78, 5) is 16.2. The van der Waals surface area contributed by atoms with Crippen molar-refractivity contribution in [2.45, 2.75) is 19.9 Å². The van der Waals surface area contributed by atoms with Gasteiger partial charge in [0.05, 0.1) is 18.6 Å². The smallest absolute Gasteiger partial charge is 0.226 e. The molecule has 0 spiro atoms. The van der Waals surface area contributed by atoms with E-state index in [1.165, 1.54) is 0 Å². The molecule has 0 radical (unpaired) electrons. The Bertz CT molecular complexity index is 729. The van der Waals surface area contributed by atoms with Crippen LogP contribution in [0.15, 0.2) is 18.6 Å². The van der Waals surface area contributed by atoms with E-state index in [4.69, 9.17) is 0 Å². The fourth-order valence-corrected chi connectivity index (χ4v) is 2.03. The molecule has 0 aliphatic rings. The van der Waals surface area contributed by atoms with Gasteiger partial charge in [-0.25, -0.2) is 4.98 Å². The third kappa shape index (κ3) is 2.78. The van der Waals surface area contributed by atoms with E-state index in [9.17, 15) is 0 Å². The highest BCUT2D eigenvalue weighted by Crippen LogP contribution is 2.19. The Balaban J connectivity index is 1.85. The largest absolute Gasteiger partial charge is 0.362 e. The van der Waals surface area contributed by atoms with E-state index in [0.29, 0.717) is 18.1 Å². The van der Waals surface area contributed by atoms with Gasteiger partial charge < -0.3 is 15.6 Å². The van der Waals surface area contributed by atoms with Crippen LogP contribution in [0.5, 0.6) is 0 Å². The number of hydrogen-bond acceptors (Lipinski definition) is 6. The maximum absolute atomic E-state index is 4.51. The Hall–Kier alpha value is -2.64. The summed E-state index contributed by atoms with van der Waals surface area (Å²) in [6, 6.07) is 1.97. The number of aryl methyl sites for hydroxylation is 1. The van der Waals surface area contributed by atoms with Crippen molar-refractivity contribution in [2.24, 2.45) is 7.05 Å². The van der Waals surface area contributed by atoms with Gasteiger partial charge in [0.15, 0.2) is 11.5 Å². The average Bonchev–Trinajstić information content (AvgIpc) is 3.11. The molecular weight excluding hydrogens is 268 g/mol. The first-order valence-electron chi connectivity index (χ1n) is 6.93. The second-order valence-corrected chi connectivity index (χ2v) is 4.72. The molecule has 21 heavy (non-hydrogen) atoms. The summed E-state index contributed by atoms with van der Waals surface area (Å²) in [6.45, 7) is 3.56. The second-order valence-electron chi connectivity index (χ2n) is 4.72. The molecule has 3 rings (SSSR count). The Morgan fingerprint density at radius 3 is 2.95 bits per heavy atom. The van der Waals surface area contributed by atoms with Crippen LogP contribution in [0.3, 0.4) is 0 Å². The topological polar surface area (TPSA) is 96.3 Å². The summed E-state index contributed by atoms with van der Waals surface area (Å²) in [5.41, 5.74) is 2.53. The standard InChI is InChI=1S/C13H18N8/c1-3-5-14-13-19-11(10-12(20-13)17-8-16-10)15-7-9-4-6-18-21(9)2/h4,6,8H,3,5,7H2,1-2H3,(H3,14,15,16,17,19,20). The monoisotopic (exact) mass is 286 g/mol. The molecule has 0 unspecified atom stereocenters. The fraction of sp³-hybridized carbons (Fsp3) is 0.385. The molecule has 0 saturated heterocycles. The number of aromatic amines is 1. The number of imidazole rings is 1. The van der Waals surface area contributed by atoms with Crippen molar-refractivity contribution in [1.82, 2.24) is 29.7 Å². The number of nitrogens with zero attached hydrogens (tertiary/aromatic N) is 5. The SMILES string of the molecule is CCCNc1nc(NCc2ccnn2C)c2[nH]cnc2n1. The van der Waals surface area contributed by atoms with E-state index in [1.807, 2.05) is 17.8 Å². The fourth-order valence-electron chi connectivity index (χ4n) is 2.03. The number of nitrogens with one attached hydrogen (secondary N) is 3. The molecule has 0 saturated carbocycles. The second kappa shape index (κ2) is 5.78. The summed E-state index contributed by atoms with van der Waals surface area (Å²) in [5, 5.41) is 10.6. The quantitative estimate of drug-likeness (QED) is 0.636. The highest BCUT2D eigenvalue weighted by atomic mass is 15.3. The van der Waals surface area contributed by atoms with Crippen molar-refractivity contribution in [3.05, 3.63) is 24.3 Å². The molecule has 3 aromatic heterocycles. The molecule has 8 heteroatoms. The van der Waals surface area contributed by atoms with Crippen molar-refractivity contribution >= 4 is 22.9 Å². The Labute approximate surface area is 122 Å². The zero-order valence-electron chi connectivity index (χ0n) is 12.1. The minimum absolute atomic E-state index is 0.587. The predicted octanol–water partition coefficient (Wildman–Crippen LogP) is 1.52. The van der Waals surface area contributed by atoms with Gasteiger partial charge in [-0.2, -0.15) is 15.1 Å². The number of hydrogen-bond donors (Lipinski definition) is 3. The van der Waals surface area contributed by atoms with Gasteiger partial charge in [-0.15, -0.1) is 0 Å². The normalized spacial score (nSPS) is 11.0. The molecule has 0 aliphatic carbocycles. The van der Waals surface area contributed by atoms with Gasteiger partial charge in [0.25, 0.3) is 0 Å². The first-order chi connectivity index (χ1) is 10.3. The summed E-state index contributed by atoms with van der Waals surface area (Å²) in [7, 11) is 1.91. The number of aromatic nitrogens is 6. The molecule has 0 aliphatic heterocycles. The van der Waals surface area contributed by atoms with Gasteiger partial charge in [-0.3, -0.25) is 4.68 Å². The highest BCUT2D eigenvalue weighted by Gasteiger charge is 2.10. The van der Waals surface area contributed by atoms with Crippen LogP contribution in [0.4, 0.5) is 11.8 Å². The molecule has 0 amide bonds. The lowest BCUT2D eigenvalue weighted by Crippen LogP contribution is -2.10. The molecule has 8 nitrogen and oxygen atoms in total. The van der Waals surface area contributed by atoms with Gasteiger partial charge in [0.1, 0.15) is 5.52 Å². The average molecular weight is 286 g/mol. The van der Waals surface area contributed by atoms with Crippen molar-refractivity contribution in [2.75, 3.05) is 17.2 Å². The summed E-state index contributed by atoms with van der Waals surface area (Å²) >= 11 is 0.